The van der Waals surface area contributed by atoms with Gasteiger partial charge in [0.05, 0.1) is 7.11 Å². The van der Waals surface area contributed by atoms with Gasteiger partial charge >= 0.3 is 0 Å². The molecule has 84 valence electrons. The van der Waals surface area contributed by atoms with E-state index in [2.05, 4.69) is 39.9 Å². The molecule has 0 heterocycles. The van der Waals surface area contributed by atoms with E-state index in [0.717, 1.165) is 30.7 Å². The Morgan fingerprint density at radius 2 is 2.07 bits per heavy atom. The van der Waals surface area contributed by atoms with Crippen LogP contribution in [0.15, 0.2) is 24.3 Å². The van der Waals surface area contributed by atoms with Crippen molar-refractivity contribution in [2.24, 2.45) is 0 Å². The van der Waals surface area contributed by atoms with Gasteiger partial charge in [-0.1, -0.05) is 41.1 Å². The molecule has 0 fully saturated rings. The van der Waals surface area contributed by atoms with Crippen LogP contribution < -0.4 is 4.74 Å². The number of para-hydroxylation sites is 1. The molecule has 0 N–H and O–H groups in total. The highest BCUT2D eigenvalue weighted by atomic mass is 79.9. The summed E-state index contributed by atoms with van der Waals surface area (Å²) < 4.78 is 5.33. The summed E-state index contributed by atoms with van der Waals surface area (Å²) in [5, 5.41) is 1.01. The van der Waals surface area contributed by atoms with E-state index in [1.165, 1.54) is 5.56 Å². The minimum absolute atomic E-state index is 0.951. The van der Waals surface area contributed by atoms with Gasteiger partial charge in [0.1, 0.15) is 5.75 Å². The molecule has 2 nitrogen and oxygen atoms in total. The van der Waals surface area contributed by atoms with E-state index in [9.17, 15) is 0 Å². The zero-order valence-electron chi connectivity index (χ0n) is 9.37. The van der Waals surface area contributed by atoms with E-state index in [1.807, 2.05) is 12.1 Å². The molecule has 1 rings (SSSR count). The second-order valence-electron chi connectivity index (χ2n) is 3.37. The van der Waals surface area contributed by atoms with Gasteiger partial charge in [0, 0.05) is 24.0 Å². The Hall–Kier alpha value is -0.540. The summed E-state index contributed by atoms with van der Waals surface area (Å²) in [6.45, 7) is 5.25. The van der Waals surface area contributed by atoms with Gasteiger partial charge in [0.15, 0.2) is 0 Å². The number of nitrogens with zero attached hydrogens (tertiary/aromatic N) is 1. The van der Waals surface area contributed by atoms with Crippen LogP contribution in [-0.2, 0) is 6.54 Å². The molecule has 1 aromatic carbocycles. The number of hydrogen-bond acceptors (Lipinski definition) is 2. The van der Waals surface area contributed by atoms with Crippen LogP contribution in [0.2, 0.25) is 0 Å². The summed E-state index contributed by atoms with van der Waals surface area (Å²) in [5.74, 6) is 0.977. The molecule has 0 aromatic heterocycles. The molecule has 0 saturated heterocycles. The van der Waals surface area contributed by atoms with Crippen molar-refractivity contribution in [1.29, 1.82) is 0 Å². The van der Waals surface area contributed by atoms with Crippen molar-refractivity contribution in [2.45, 2.75) is 13.5 Å². The molecule has 0 amide bonds. The predicted octanol–water partition coefficient (Wildman–Crippen LogP) is 2.91. The zero-order valence-corrected chi connectivity index (χ0v) is 11.0. The van der Waals surface area contributed by atoms with Crippen LogP contribution in [0.25, 0.3) is 0 Å². The number of halogens is 1. The van der Waals surface area contributed by atoms with Crippen LogP contribution in [0.5, 0.6) is 5.75 Å². The molecule has 0 atom stereocenters. The molecule has 0 radical (unpaired) electrons. The van der Waals surface area contributed by atoms with Crippen LogP contribution in [0, 0.1) is 0 Å². The summed E-state index contributed by atoms with van der Waals surface area (Å²) in [5.41, 5.74) is 1.25. The summed E-state index contributed by atoms with van der Waals surface area (Å²) in [6.07, 6.45) is 0. The number of hydrogen-bond donors (Lipinski definition) is 0. The van der Waals surface area contributed by atoms with E-state index in [0.29, 0.717) is 0 Å². The molecule has 0 aliphatic heterocycles. The van der Waals surface area contributed by atoms with Crippen molar-refractivity contribution in [3.63, 3.8) is 0 Å². The molecule has 0 aliphatic carbocycles. The second kappa shape index (κ2) is 6.85. The van der Waals surface area contributed by atoms with E-state index < -0.39 is 0 Å². The van der Waals surface area contributed by atoms with Crippen LogP contribution in [0.1, 0.15) is 12.5 Å². The molecular formula is C12H18BrNO. The standard InChI is InChI=1S/C12H18BrNO/c1-3-14(9-8-13)10-11-6-4-5-7-12(11)15-2/h4-7H,3,8-10H2,1-2H3. The lowest BCUT2D eigenvalue weighted by Gasteiger charge is -2.20. The molecule has 0 aliphatic rings. The number of benzene rings is 1. The van der Waals surface area contributed by atoms with Crippen molar-refractivity contribution in [3.05, 3.63) is 29.8 Å². The highest BCUT2D eigenvalue weighted by molar-refractivity contribution is 9.09. The predicted molar refractivity (Wildman–Crippen MR) is 67.7 cm³/mol. The molecule has 1 aromatic rings. The van der Waals surface area contributed by atoms with Gasteiger partial charge in [-0.05, 0) is 12.6 Å². The summed E-state index contributed by atoms with van der Waals surface area (Å²) in [7, 11) is 1.72. The minimum Gasteiger partial charge on any atom is -0.496 e. The average molecular weight is 272 g/mol. The first kappa shape index (κ1) is 12.5. The van der Waals surface area contributed by atoms with Gasteiger partial charge < -0.3 is 4.74 Å². The third kappa shape index (κ3) is 3.84. The Labute approximate surface area is 100 Å². The monoisotopic (exact) mass is 271 g/mol. The number of ether oxygens (including phenoxy) is 1. The number of alkyl halides is 1. The van der Waals surface area contributed by atoms with E-state index in [4.69, 9.17) is 4.74 Å². The van der Waals surface area contributed by atoms with Gasteiger partial charge in [-0.25, -0.2) is 0 Å². The quantitative estimate of drug-likeness (QED) is 0.738. The lowest BCUT2D eigenvalue weighted by Crippen LogP contribution is -2.25. The molecule has 3 heteroatoms. The highest BCUT2D eigenvalue weighted by Gasteiger charge is 2.06. The van der Waals surface area contributed by atoms with E-state index in [-0.39, 0.29) is 0 Å². The fourth-order valence-electron chi connectivity index (χ4n) is 1.54. The fraction of sp³-hybridized carbons (Fsp3) is 0.500. The minimum atomic E-state index is 0.951. The maximum Gasteiger partial charge on any atom is 0.123 e. The highest BCUT2D eigenvalue weighted by Crippen LogP contribution is 2.18. The summed E-state index contributed by atoms with van der Waals surface area (Å²) >= 11 is 3.47. The fourth-order valence-corrected chi connectivity index (χ4v) is 2.04. The largest absolute Gasteiger partial charge is 0.496 e. The van der Waals surface area contributed by atoms with Gasteiger partial charge in [-0.3, -0.25) is 4.90 Å². The number of methoxy groups -OCH3 is 1. The summed E-state index contributed by atoms with van der Waals surface area (Å²) in [6, 6.07) is 8.19. The Bertz CT molecular complexity index is 291. The lowest BCUT2D eigenvalue weighted by atomic mass is 10.2. The maximum absolute atomic E-state index is 5.33. The molecule has 0 saturated carbocycles. The SMILES string of the molecule is CCN(CCBr)Cc1ccccc1OC. The van der Waals surface area contributed by atoms with Crippen LogP contribution in [-0.4, -0.2) is 30.4 Å². The molecule has 0 bridgehead atoms. The first-order chi connectivity index (χ1) is 7.31. The van der Waals surface area contributed by atoms with Gasteiger partial charge in [0.2, 0.25) is 0 Å². The normalized spacial score (nSPS) is 10.7. The van der Waals surface area contributed by atoms with Crippen molar-refractivity contribution in [2.75, 3.05) is 25.5 Å². The molecular weight excluding hydrogens is 254 g/mol. The number of rotatable bonds is 6. The van der Waals surface area contributed by atoms with E-state index >= 15 is 0 Å². The van der Waals surface area contributed by atoms with Crippen molar-refractivity contribution < 1.29 is 4.74 Å². The average Bonchev–Trinajstić information content (AvgIpc) is 2.29. The smallest absolute Gasteiger partial charge is 0.123 e. The van der Waals surface area contributed by atoms with Crippen molar-refractivity contribution in [1.82, 2.24) is 4.90 Å². The van der Waals surface area contributed by atoms with Crippen molar-refractivity contribution >= 4 is 15.9 Å². The van der Waals surface area contributed by atoms with Crippen LogP contribution in [0.3, 0.4) is 0 Å². The summed E-state index contributed by atoms with van der Waals surface area (Å²) in [4.78, 5) is 2.38. The lowest BCUT2D eigenvalue weighted by molar-refractivity contribution is 0.292. The molecule has 0 unspecified atom stereocenters. The zero-order chi connectivity index (χ0) is 11.1. The Balaban J connectivity index is 2.69. The molecule has 15 heavy (non-hydrogen) atoms. The van der Waals surface area contributed by atoms with Crippen molar-refractivity contribution in [3.8, 4) is 5.75 Å². The maximum atomic E-state index is 5.33. The van der Waals surface area contributed by atoms with Crippen LogP contribution in [0.4, 0.5) is 0 Å². The van der Waals surface area contributed by atoms with Gasteiger partial charge in [-0.2, -0.15) is 0 Å². The van der Waals surface area contributed by atoms with Gasteiger partial charge in [0.25, 0.3) is 0 Å². The Morgan fingerprint density at radius 1 is 1.33 bits per heavy atom. The van der Waals surface area contributed by atoms with Gasteiger partial charge in [-0.15, -0.1) is 0 Å². The van der Waals surface area contributed by atoms with Crippen LogP contribution >= 0.6 is 15.9 Å². The molecule has 0 spiro atoms. The first-order valence-electron chi connectivity index (χ1n) is 5.22. The Kier molecular flexibility index (Phi) is 5.73. The van der Waals surface area contributed by atoms with E-state index in [1.54, 1.807) is 7.11 Å². The third-order valence-electron chi connectivity index (χ3n) is 2.43. The Morgan fingerprint density at radius 3 is 2.67 bits per heavy atom. The second-order valence-corrected chi connectivity index (χ2v) is 4.16. The first-order valence-corrected chi connectivity index (χ1v) is 6.34. The topological polar surface area (TPSA) is 12.5 Å². The third-order valence-corrected chi connectivity index (χ3v) is 2.79.